The van der Waals surface area contributed by atoms with E-state index in [0.29, 0.717) is 5.57 Å². The first-order valence-electron chi connectivity index (χ1n) is 13.1. The number of carbonyl (C=O) groups excluding carboxylic acids is 6. The zero-order chi connectivity index (χ0) is 31.1. The highest BCUT2D eigenvalue weighted by molar-refractivity contribution is 5.69. The van der Waals surface area contributed by atoms with Gasteiger partial charge in [-0.25, -0.2) is 0 Å². The normalized spacial score (nSPS) is 31.4. The Hall–Kier alpha value is -3.98. The molecule has 0 amide bonds. The Bertz CT molecular complexity index is 1130. The van der Waals surface area contributed by atoms with Gasteiger partial charge in [-0.1, -0.05) is 0 Å². The van der Waals surface area contributed by atoms with Crippen LogP contribution in [0.3, 0.4) is 0 Å². The number of rotatable bonds is 10. The van der Waals surface area contributed by atoms with Crippen LogP contribution in [0.1, 0.15) is 41.5 Å². The lowest BCUT2D eigenvalue weighted by atomic mass is 9.88. The zero-order valence-electron chi connectivity index (χ0n) is 24.0. The lowest BCUT2D eigenvalue weighted by Crippen LogP contribution is -2.63. The molecular weight excluding hydrogens is 564 g/mol. The van der Waals surface area contributed by atoms with Crippen LogP contribution >= 0.6 is 0 Å². The number of carbonyl (C=O) groups is 6. The van der Waals surface area contributed by atoms with Crippen LogP contribution in [0.5, 0.6) is 0 Å². The minimum absolute atomic E-state index is 0.163. The molecule has 3 aliphatic rings. The van der Waals surface area contributed by atoms with Crippen LogP contribution in [-0.2, 0) is 71.4 Å². The van der Waals surface area contributed by atoms with Gasteiger partial charge in [-0.15, -0.1) is 0 Å². The highest BCUT2D eigenvalue weighted by atomic mass is 16.8. The fourth-order valence-corrected chi connectivity index (χ4v) is 4.95. The number of hydrogen-bond donors (Lipinski definition) is 0. The Morgan fingerprint density at radius 1 is 0.690 bits per heavy atom. The SMILES string of the molecule is CC(=O)OCC1=C[C@@H](OC(C)=O)[C@@H]2C=CO[C@H](O[C@@H]3O[C@H](COC(C)=O)[C@@H](OC(C)=O)[C@H](OC(C)=O)[C@@H]3OC(C)=O)[C@H]12. The molecule has 9 atom stereocenters. The van der Waals surface area contributed by atoms with Gasteiger partial charge >= 0.3 is 35.8 Å². The van der Waals surface area contributed by atoms with E-state index in [4.69, 9.17) is 42.6 Å². The Morgan fingerprint density at radius 2 is 1.26 bits per heavy atom. The molecule has 2 aliphatic heterocycles. The molecule has 2 heterocycles. The van der Waals surface area contributed by atoms with Gasteiger partial charge in [0.15, 0.2) is 18.3 Å². The van der Waals surface area contributed by atoms with E-state index in [2.05, 4.69) is 0 Å². The summed E-state index contributed by atoms with van der Waals surface area (Å²) in [7, 11) is 0. The van der Waals surface area contributed by atoms with Crippen molar-refractivity contribution in [2.75, 3.05) is 13.2 Å². The van der Waals surface area contributed by atoms with Gasteiger partial charge in [0, 0.05) is 47.5 Å². The van der Waals surface area contributed by atoms with Gasteiger partial charge in [0.25, 0.3) is 0 Å². The molecule has 1 fully saturated rings. The smallest absolute Gasteiger partial charge is 0.303 e. The summed E-state index contributed by atoms with van der Waals surface area (Å²) in [5.41, 5.74) is 0.515. The highest BCUT2D eigenvalue weighted by Crippen LogP contribution is 2.43. The third-order valence-corrected chi connectivity index (χ3v) is 6.37. The van der Waals surface area contributed by atoms with Crippen LogP contribution in [0.25, 0.3) is 0 Å². The van der Waals surface area contributed by atoms with Crippen molar-refractivity contribution >= 4 is 35.8 Å². The molecule has 42 heavy (non-hydrogen) atoms. The molecule has 0 aromatic heterocycles. The van der Waals surface area contributed by atoms with E-state index in [-0.39, 0.29) is 6.61 Å². The summed E-state index contributed by atoms with van der Waals surface area (Å²) in [6.07, 6.45) is -4.37. The second-order valence-electron chi connectivity index (χ2n) is 9.74. The van der Waals surface area contributed by atoms with Crippen LogP contribution in [0, 0.1) is 11.8 Å². The molecule has 232 valence electrons. The summed E-state index contributed by atoms with van der Waals surface area (Å²) in [6, 6.07) is 0. The lowest BCUT2D eigenvalue weighted by molar-refractivity contribution is -0.342. The summed E-state index contributed by atoms with van der Waals surface area (Å²) in [6.45, 7) is 6.34. The standard InChI is InChI=1S/C27H34O15/c1-12(28)35-10-18-9-20(37-14(3)30)19-7-8-34-26(22(18)19)42-27-25(40-17(6)33)24(39-16(5)32)23(38-15(4)31)21(41-27)11-36-13(2)29/h7-9,19-27H,10-11H2,1-6H3/t19-,20+,21+,22+,23+,24-,25-,26+,27-/m0/s1. The predicted molar refractivity (Wildman–Crippen MR) is 134 cm³/mol. The first kappa shape index (κ1) is 32.5. The van der Waals surface area contributed by atoms with E-state index in [1.807, 2.05) is 0 Å². The van der Waals surface area contributed by atoms with Crippen LogP contribution in [0.4, 0.5) is 0 Å². The van der Waals surface area contributed by atoms with Crippen molar-refractivity contribution in [3.63, 3.8) is 0 Å². The number of ether oxygens (including phenoxy) is 9. The molecule has 0 N–H and O–H groups in total. The van der Waals surface area contributed by atoms with E-state index in [1.165, 1.54) is 20.1 Å². The van der Waals surface area contributed by atoms with Gasteiger partial charge in [-0.05, 0) is 17.7 Å². The number of hydrogen-bond acceptors (Lipinski definition) is 15. The van der Waals surface area contributed by atoms with Gasteiger partial charge in [0.2, 0.25) is 12.6 Å². The minimum atomic E-state index is -1.52. The third kappa shape index (κ3) is 8.52. The summed E-state index contributed by atoms with van der Waals surface area (Å²) in [5, 5.41) is 0. The second kappa shape index (κ2) is 14.3. The maximum Gasteiger partial charge on any atom is 0.303 e. The largest absolute Gasteiger partial charge is 0.472 e. The fourth-order valence-electron chi connectivity index (χ4n) is 4.95. The molecule has 15 nitrogen and oxygen atoms in total. The average Bonchev–Trinajstić information content (AvgIpc) is 3.22. The average molecular weight is 599 g/mol. The molecule has 0 unspecified atom stereocenters. The fraction of sp³-hybridized carbons (Fsp3) is 0.630. The zero-order valence-corrected chi connectivity index (χ0v) is 24.0. The van der Waals surface area contributed by atoms with E-state index >= 15 is 0 Å². The Morgan fingerprint density at radius 3 is 1.83 bits per heavy atom. The van der Waals surface area contributed by atoms with Gasteiger partial charge < -0.3 is 42.6 Å². The topological polar surface area (TPSA) is 185 Å². The van der Waals surface area contributed by atoms with Crippen molar-refractivity contribution in [1.82, 2.24) is 0 Å². The molecular formula is C27H34O15. The molecule has 0 spiro atoms. The van der Waals surface area contributed by atoms with E-state index in [0.717, 1.165) is 27.7 Å². The van der Waals surface area contributed by atoms with Crippen molar-refractivity contribution in [2.24, 2.45) is 11.8 Å². The van der Waals surface area contributed by atoms with Gasteiger partial charge in [-0.3, -0.25) is 28.8 Å². The van der Waals surface area contributed by atoms with Crippen molar-refractivity contribution in [1.29, 1.82) is 0 Å². The van der Waals surface area contributed by atoms with Crippen molar-refractivity contribution in [2.45, 2.75) is 84.6 Å². The van der Waals surface area contributed by atoms with Crippen LogP contribution in [-0.4, -0.2) is 92.1 Å². The maximum absolute atomic E-state index is 12.1. The second-order valence-corrected chi connectivity index (χ2v) is 9.74. The van der Waals surface area contributed by atoms with Gasteiger partial charge in [-0.2, -0.15) is 0 Å². The molecule has 0 aromatic carbocycles. The Kier molecular flexibility index (Phi) is 11.1. The monoisotopic (exact) mass is 598 g/mol. The van der Waals surface area contributed by atoms with Crippen LogP contribution < -0.4 is 0 Å². The first-order valence-corrected chi connectivity index (χ1v) is 13.1. The molecule has 0 bridgehead atoms. The molecule has 0 aromatic rings. The van der Waals surface area contributed by atoms with Crippen molar-refractivity contribution in [3.05, 3.63) is 24.0 Å². The third-order valence-electron chi connectivity index (χ3n) is 6.37. The summed E-state index contributed by atoms with van der Waals surface area (Å²) < 4.78 is 49.9. The summed E-state index contributed by atoms with van der Waals surface area (Å²) in [4.78, 5) is 71.1. The van der Waals surface area contributed by atoms with Crippen molar-refractivity contribution < 1.29 is 71.4 Å². The van der Waals surface area contributed by atoms with E-state index in [9.17, 15) is 28.8 Å². The summed E-state index contributed by atoms with van der Waals surface area (Å²) in [5.74, 6) is -5.31. The molecule has 1 saturated heterocycles. The quantitative estimate of drug-likeness (QED) is 0.193. The number of fused-ring (bicyclic) bond motifs is 1. The van der Waals surface area contributed by atoms with Crippen LogP contribution in [0.2, 0.25) is 0 Å². The highest BCUT2D eigenvalue weighted by Gasteiger charge is 2.55. The molecule has 1 aliphatic carbocycles. The Balaban J connectivity index is 1.99. The van der Waals surface area contributed by atoms with E-state index in [1.54, 1.807) is 12.2 Å². The molecule has 15 heteroatoms. The molecule has 0 saturated carbocycles. The number of esters is 6. The lowest BCUT2D eigenvalue weighted by Gasteiger charge is -2.45. The summed E-state index contributed by atoms with van der Waals surface area (Å²) >= 11 is 0. The molecule has 0 radical (unpaired) electrons. The Labute approximate surface area is 241 Å². The minimum Gasteiger partial charge on any atom is -0.472 e. The van der Waals surface area contributed by atoms with Crippen LogP contribution in [0.15, 0.2) is 24.0 Å². The van der Waals surface area contributed by atoms with Gasteiger partial charge in [0.05, 0.1) is 12.2 Å². The van der Waals surface area contributed by atoms with Crippen molar-refractivity contribution in [3.8, 4) is 0 Å². The predicted octanol–water partition coefficient (Wildman–Crippen LogP) is 0.623. The van der Waals surface area contributed by atoms with E-state index < -0.39 is 97.4 Å². The maximum atomic E-state index is 12.1. The molecule has 3 rings (SSSR count). The first-order chi connectivity index (χ1) is 19.8. The van der Waals surface area contributed by atoms with Gasteiger partial charge in [0.1, 0.15) is 25.4 Å².